The molecule has 1 rings (SSSR count). The lowest BCUT2D eigenvalue weighted by Gasteiger charge is -2.14. The Balaban J connectivity index is 2.96. The summed E-state index contributed by atoms with van der Waals surface area (Å²) in [6, 6.07) is 4.18. The molecule has 1 aromatic rings. The highest BCUT2D eigenvalue weighted by Crippen LogP contribution is 2.25. The fourth-order valence-corrected chi connectivity index (χ4v) is 3.90. The van der Waals surface area contributed by atoms with Gasteiger partial charge in [-0.25, -0.2) is 13.1 Å². The third-order valence-electron chi connectivity index (χ3n) is 2.05. The summed E-state index contributed by atoms with van der Waals surface area (Å²) in [5, 5.41) is 0.152. The van der Waals surface area contributed by atoms with E-state index in [1.54, 1.807) is 13.0 Å². The molecule has 8 heteroatoms. The van der Waals surface area contributed by atoms with Crippen LogP contribution in [0.15, 0.2) is 27.6 Å². The number of hydrogen-bond acceptors (Lipinski definition) is 3. The Hall–Kier alpha value is -0.210. The predicted molar refractivity (Wildman–Crippen MR) is 80.3 cm³/mol. The normalized spacial score (nSPS) is 13.3. The molecule has 0 amide bonds. The van der Waals surface area contributed by atoms with Gasteiger partial charge in [-0.1, -0.05) is 39.7 Å². The molecule has 0 aromatic heterocycles. The van der Waals surface area contributed by atoms with E-state index in [-0.39, 0.29) is 20.9 Å². The van der Waals surface area contributed by atoms with Crippen molar-refractivity contribution in [1.29, 1.82) is 0 Å². The van der Waals surface area contributed by atoms with Crippen molar-refractivity contribution >= 4 is 54.8 Å². The van der Waals surface area contributed by atoms with Crippen LogP contribution in [-0.2, 0) is 10.0 Å². The number of thiocarbonyl (C=S) groups is 1. The SMILES string of the molecule is CC(CC(N)=S)NS(=O)(=O)c1ccc(Br)cc1Cl. The second-order valence-corrected chi connectivity index (χ2v) is 7.30. The van der Waals surface area contributed by atoms with E-state index in [0.29, 0.717) is 10.9 Å². The van der Waals surface area contributed by atoms with Gasteiger partial charge in [-0.2, -0.15) is 0 Å². The zero-order valence-corrected chi connectivity index (χ0v) is 13.5. The van der Waals surface area contributed by atoms with Crippen LogP contribution in [0.5, 0.6) is 0 Å². The first-order chi connectivity index (χ1) is 8.22. The Kier molecular flexibility index (Phi) is 5.54. The van der Waals surface area contributed by atoms with Crippen LogP contribution in [0.1, 0.15) is 13.3 Å². The number of sulfonamides is 1. The quantitative estimate of drug-likeness (QED) is 0.780. The maximum absolute atomic E-state index is 12.1. The van der Waals surface area contributed by atoms with E-state index in [9.17, 15) is 8.42 Å². The molecule has 0 saturated heterocycles. The lowest BCUT2D eigenvalue weighted by atomic mass is 10.3. The Labute approximate surface area is 125 Å². The Bertz CT molecular complexity index is 563. The first-order valence-corrected chi connectivity index (χ1v) is 8.04. The van der Waals surface area contributed by atoms with Crippen LogP contribution >= 0.6 is 39.7 Å². The summed E-state index contributed by atoms with van der Waals surface area (Å²) in [5.74, 6) is 0. The van der Waals surface area contributed by atoms with Gasteiger partial charge < -0.3 is 5.73 Å². The Morgan fingerprint density at radius 3 is 2.72 bits per heavy atom. The maximum Gasteiger partial charge on any atom is 0.242 e. The first-order valence-electron chi connectivity index (χ1n) is 4.98. The summed E-state index contributed by atoms with van der Waals surface area (Å²) in [4.78, 5) is 0.286. The molecule has 100 valence electrons. The molecule has 18 heavy (non-hydrogen) atoms. The number of rotatable bonds is 5. The van der Waals surface area contributed by atoms with Crippen LogP contribution in [0.4, 0.5) is 0 Å². The van der Waals surface area contributed by atoms with Crippen molar-refractivity contribution in [2.24, 2.45) is 5.73 Å². The third kappa shape index (κ3) is 4.47. The lowest BCUT2D eigenvalue weighted by Crippen LogP contribution is -2.35. The molecule has 0 aliphatic carbocycles. The fraction of sp³-hybridized carbons (Fsp3) is 0.300. The minimum absolute atomic E-state index is 0.0298. The van der Waals surface area contributed by atoms with Crippen molar-refractivity contribution in [2.75, 3.05) is 0 Å². The summed E-state index contributed by atoms with van der Waals surface area (Å²) in [5.41, 5.74) is 5.37. The van der Waals surface area contributed by atoms with E-state index in [1.807, 2.05) is 0 Å². The van der Waals surface area contributed by atoms with Gasteiger partial charge in [0.05, 0.1) is 10.0 Å². The molecule has 0 fully saturated rings. The summed E-state index contributed by atoms with van der Waals surface area (Å²) in [7, 11) is -3.67. The zero-order chi connectivity index (χ0) is 13.9. The Morgan fingerprint density at radius 1 is 1.61 bits per heavy atom. The summed E-state index contributed by atoms with van der Waals surface area (Å²) in [6.07, 6.45) is 0.294. The van der Waals surface area contributed by atoms with Gasteiger partial charge in [0.15, 0.2) is 0 Å². The lowest BCUT2D eigenvalue weighted by molar-refractivity contribution is 0.565. The summed E-state index contributed by atoms with van der Waals surface area (Å²) < 4.78 is 27.3. The van der Waals surface area contributed by atoms with Gasteiger partial charge in [0.25, 0.3) is 0 Å². The van der Waals surface area contributed by atoms with Gasteiger partial charge in [-0.05, 0) is 25.1 Å². The minimum Gasteiger partial charge on any atom is -0.393 e. The predicted octanol–water partition coefficient (Wildman–Crippen LogP) is 2.45. The van der Waals surface area contributed by atoms with Crippen LogP contribution in [0.3, 0.4) is 0 Å². The van der Waals surface area contributed by atoms with Crippen molar-refractivity contribution in [1.82, 2.24) is 4.72 Å². The van der Waals surface area contributed by atoms with E-state index < -0.39 is 10.0 Å². The molecule has 0 bridgehead atoms. The van der Waals surface area contributed by atoms with E-state index in [4.69, 9.17) is 29.6 Å². The topological polar surface area (TPSA) is 72.2 Å². The van der Waals surface area contributed by atoms with Crippen LogP contribution < -0.4 is 10.5 Å². The van der Waals surface area contributed by atoms with Gasteiger partial charge in [0.2, 0.25) is 10.0 Å². The van der Waals surface area contributed by atoms with Gasteiger partial charge >= 0.3 is 0 Å². The average Bonchev–Trinajstić information content (AvgIpc) is 2.13. The average molecular weight is 372 g/mol. The number of hydrogen-bond donors (Lipinski definition) is 2. The van der Waals surface area contributed by atoms with Gasteiger partial charge in [0.1, 0.15) is 4.90 Å². The molecule has 0 aliphatic heterocycles. The Morgan fingerprint density at radius 2 is 2.22 bits per heavy atom. The van der Waals surface area contributed by atoms with Crippen molar-refractivity contribution in [2.45, 2.75) is 24.3 Å². The smallest absolute Gasteiger partial charge is 0.242 e. The molecular weight excluding hydrogens is 360 g/mol. The van der Waals surface area contributed by atoms with Crippen molar-refractivity contribution in [3.8, 4) is 0 Å². The summed E-state index contributed by atoms with van der Waals surface area (Å²) >= 11 is 13.8. The second kappa shape index (κ2) is 6.29. The molecule has 1 atom stereocenters. The molecule has 0 aliphatic rings. The largest absolute Gasteiger partial charge is 0.393 e. The van der Waals surface area contributed by atoms with Crippen LogP contribution in [0, 0.1) is 0 Å². The van der Waals surface area contributed by atoms with Crippen molar-refractivity contribution in [3.05, 3.63) is 27.7 Å². The third-order valence-corrected chi connectivity index (χ3v) is 4.78. The van der Waals surface area contributed by atoms with Crippen molar-refractivity contribution in [3.63, 3.8) is 0 Å². The first kappa shape index (κ1) is 15.8. The van der Waals surface area contributed by atoms with Crippen LogP contribution in [-0.4, -0.2) is 19.4 Å². The van der Waals surface area contributed by atoms with Crippen molar-refractivity contribution < 1.29 is 8.42 Å². The monoisotopic (exact) mass is 370 g/mol. The van der Waals surface area contributed by atoms with Gasteiger partial charge in [-0.3, -0.25) is 0 Å². The fourth-order valence-electron chi connectivity index (χ4n) is 1.36. The highest BCUT2D eigenvalue weighted by molar-refractivity contribution is 9.10. The standard InChI is InChI=1S/C10H12BrClN2O2S2/c1-6(4-10(13)17)14-18(15,16)9-3-2-7(11)5-8(9)12/h2-3,5-6,14H,4H2,1H3,(H2,13,17). The number of nitrogens with two attached hydrogens (primary N) is 1. The van der Waals surface area contributed by atoms with Crippen LogP contribution in [0.25, 0.3) is 0 Å². The van der Waals surface area contributed by atoms with Gasteiger partial charge in [-0.15, -0.1) is 0 Å². The molecule has 1 aromatic carbocycles. The highest BCUT2D eigenvalue weighted by atomic mass is 79.9. The molecule has 1 unspecified atom stereocenters. The molecule has 0 spiro atoms. The minimum atomic E-state index is -3.67. The summed E-state index contributed by atoms with van der Waals surface area (Å²) in [6.45, 7) is 1.68. The molecule has 0 radical (unpaired) electrons. The molecule has 4 nitrogen and oxygen atoms in total. The van der Waals surface area contributed by atoms with Gasteiger partial charge in [0, 0.05) is 16.9 Å². The molecule has 0 heterocycles. The van der Waals surface area contributed by atoms with E-state index in [0.717, 1.165) is 0 Å². The highest BCUT2D eigenvalue weighted by Gasteiger charge is 2.20. The molecule has 3 N–H and O–H groups in total. The zero-order valence-electron chi connectivity index (χ0n) is 9.48. The van der Waals surface area contributed by atoms with E-state index in [1.165, 1.54) is 12.1 Å². The molecule has 0 saturated carbocycles. The maximum atomic E-state index is 12.1. The van der Waals surface area contributed by atoms with Crippen LogP contribution in [0.2, 0.25) is 5.02 Å². The number of nitrogens with one attached hydrogen (secondary N) is 1. The number of halogens is 2. The van der Waals surface area contributed by atoms with E-state index in [2.05, 4.69) is 20.7 Å². The van der Waals surface area contributed by atoms with E-state index >= 15 is 0 Å². The number of benzene rings is 1. The molecular formula is C10H12BrClN2O2S2. The second-order valence-electron chi connectivity index (χ2n) is 3.77.